The first-order valence-corrected chi connectivity index (χ1v) is 10.2. The highest BCUT2D eigenvalue weighted by Crippen LogP contribution is 2.49. The number of hydrogen-bond donors (Lipinski definition) is 1. The fraction of sp³-hybridized carbons (Fsp3) is 0.500. The number of benzene rings is 1. The van der Waals surface area contributed by atoms with Gasteiger partial charge in [0.2, 0.25) is 0 Å². The molecule has 1 aromatic carbocycles. The standard InChI is InChI=1S/C14H17ClO2S3/c1-8-7-9(14(16)17)12(15)11-10(19-6-5-18-2)3-4-20-13(8)11/h7,10H,3-6H2,1-2H3,(H,16,17). The predicted molar refractivity (Wildman–Crippen MR) is 92.1 cm³/mol. The van der Waals surface area contributed by atoms with Gasteiger partial charge in [0.05, 0.1) is 10.6 Å². The third-order valence-corrected chi connectivity index (χ3v) is 7.08. The SMILES string of the molecule is CSCCSC1CCSc2c(C)cc(C(=O)O)c(Cl)c21. The summed E-state index contributed by atoms with van der Waals surface area (Å²) in [5, 5.41) is 10.1. The molecule has 0 amide bonds. The van der Waals surface area contributed by atoms with Gasteiger partial charge in [-0.3, -0.25) is 0 Å². The van der Waals surface area contributed by atoms with Crippen molar-refractivity contribution in [3.8, 4) is 0 Å². The van der Waals surface area contributed by atoms with E-state index < -0.39 is 5.97 Å². The fourth-order valence-electron chi connectivity index (χ4n) is 2.29. The van der Waals surface area contributed by atoms with Crippen LogP contribution < -0.4 is 0 Å². The molecule has 20 heavy (non-hydrogen) atoms. The Morgan fingerprint density at radius 3 is 2.95 bits per heavy atom. The first kappa shape index (κ1) is 16.4. The molecule has 1 aliphatic heterocycles. The van der Waals surface area contributed by atoms with E-state index in [1.165, 1.54) is 4.90 Å². The maximum Gasteiger partial charge on any atom is 0.337 e. The lowest BCUT2D eigenvalue weighted by Gasteiger charge is -2.28. The second kappa shape index (κ2) is 7.34. The van der Waals surface area contributed by atoms with E-state index in [0.29, 0.717) is 10.3 Å². The number of aryl methyl sites for hydroxylation is 1. The number of carboxylic acids is 1. The van der Waals surface area contributed by atoms with E-state index in [2.05, 4.69) is 6.26 Å². The predicted octanol–water partition coefficient (Wildman–Crippen LogP) is 4.98. The lowest BCUT2D eigenvalue weighted by atomic mass is 10.0. The van der Waals surface area contributed by atoms with Gasteiger partial charge in [-0.05, 0) is 42.5 Å². The third kappa shape index (κ3) is 3.43. The molecule has 1 aromatic rings. The minimum atomic E-state index is -0.940. The summed E-state index contributed by atoms with van der Waals surface area (Å²) in [4.78, 5) is 12.5. The van der Waals surface area contributed by atoms with Crippen molar-refractivity contribution in [3.05, 3.63) is 27.8 Å². The fourth-order valence-corrected chi connectivity index (χ4v) is 6.26. The monoisotopic (exact) mass is 348 g/mol. The summed E-state index contributed by atoms with van der Waals surface area (Å²) in [6.45, 7) is 1.98. The van der Waals surface area contributed by atoms with Crippen LogP contribution in [0.2, 0.25) is 5.02 Å². The minimum Gasteiger partial charge on any atom is -0.478 e. The summed E-state index contributed by atoms with van der Waals surface area (Å²) < 4.78 is 0. The second-order valence-electron chi connectivity index (χ2n) is 4.59. The summed E-state index contributed by atoms with van der Waals surface area (Å²) in [5.41, 5.74) is 2.31. The molecular weight excluding hydrogens is 332 g/mol. The molecule has 1 heterocycles. The summed E-state index contributed by atoms with van der Waals surface area (Å²) in [5.74, 6) is 2.32. The molecule has 0 saturated carbocycles. The van der Waals surface area contributed by atoms with Gasteiger partial charge in [0, 0.05) is 21.7 Å². The van der Waals surface area contributed by atoms with Crippen LogP contribution in [0.3, 0.4) is 0 Å². The second-order valence-corrected chi connectivity index (χ2v) is 8.37. The van der Waals surface area contributed by atoms with Crippen LogP contribution in [0.15, 0.2) is 11.0 Å². The van der Waals surface area contributed by atoms with Crippen LogP contribution in [0.1, 0.15) is 33.2 Å². The number of aromatic carboxylic acids is 1. The Balaban J connectivity index is 2.40. The smallest absolute Gasteiger partial charge is 0.337 e. The van der Waals surface area contributed by atoms with E-state index in [9.17, 15) is 9.90 Å². The molecule has 1 N–H and O–H groups in total. The van der Waals surface area contributed by atoms with Gasteiger partial charge >= 0.3 is 5.97 Å². The summed E-state index contributed by atoms with van der Waals surface area (Å²) >= 11 is 11.9. The first-order valence-electron chi connectivity index (χ1n) is 6.36. The van der Waals surface area contributed by atoms with Crippen LogP contribution in [-0.2, 0) is 0 Å². The van der Waals surface area contributed by atoms with E-state index in [4.69, 9.17) is 11.6 Å². The van der Waals surface area contributed by atoms with E-state index in [1.807, 2.05) is 30.4 Å². The first-order chi connectivity index (χ1) is 9.56. The molecule has 0 aliphatic carbocycles. The maximum absolute atomic E-state index is 11.3. The topological polar surface area (TPSA) is 37.3 Å². The Morgan fingerprint density at radius 1 is 1.55 bits per heavy atom. The summed E-state index contributed by atoms with van der Waals surface area (Å²) in [6.07, 6.45) is 3.16. The molecule has 1 atom stereocenters. The highest BCUT2D eigenvalue weighted by atomic mass is 35.5. The zero-order valence-electron chi connectivity index (χ0n) is 11.4. The number of carboxylic acid groups (broad SMARTS) is 1. The van der Waals surface area contributed by atoms with Crippen LogP contribution in [0.5, 0.6) is 0 Å². The Kier molecular flexibility index (Phi) is 6.02. The Morgan fingerprint density at radius 2 is 2.30 bits per heavy atom. The molecule has 0 fully saturated rings. The summed E-state index contributed by atoms with van der Waals surface area (Å²) in [6, 6.07) is 1.70. The highest BCUT2D eigenvalue weighted by Gasteiger charge is 2.28. The van der Waals surface area contributed by atoms with Gasteiger partial charge in [0.25, 0.3) is 0 Å². The average molecular weight is 349 g/mol. The lowest BCUT2D eigenvalue weighted by Crippen LogP contribution is -2.11. The normalized spacial score (nSPS) is 17.9. The van der Waals surface area contributed by atoms with Gasteiger partial charge in [-0.25, -0.2) is 4.79 Å². The van der Waals surface area contributed by atoms with Crippen LogP contribution >= 0.6 is 46.9 Å². The van der Waals surface area contributed by atoms with Crippen molar-refractivity contribution in [2.75, 3.05) is 23.5 Å². The van der Waals surface area contributed by atoms with Crippen molar-refractivity contribution in [2.24, 2.45) is 0 Å². The third-order valence-electron chi connectivity index (χ3n) is 3.22. The Labute approximate surface area is 137 Å². The highest BCUT2D eigenvalue weighted by molar-refractivity contribution is 8.03. The van der Waals surface area contributed by atoms with Gasteiger partial charge in [-0.2, -0.15) is 23.5 Å². The number of hydrogen-bond acceptors (Lipinski definition) is 4. The molecular formula is C14H17ClO2S3. The quantitative estimate of drug-likeness (QED) is 0.759. The molecule has 0 aromatic heterocycles. The Bertz CT molecular complexity index is 520. The van der Waals surface area contributed by atoms with Crippen LogP contribution in [0.4, 0.5) is 0 Å². The van der Waals surface area contributed by atoms with E-state index >= 15 is 0 Å². The van der Waals surface area contributed by atoms with Crippen LogP contribution in [-0.4, -0.2) is 34.6 Å². The van der Waals surface area contributed by atoms with Gasteiger partial charge in [0.1, 0.15) is 0 Å². The van der Waals surface area contributed by atoms with Gasteiger partial charge < -0.3 is 5.11 Å². The molecule has 6 heteroatoms. The zero-order chi connectivity index (χ0) is 14.7. The van der Waals surface area contributed by atoms with Crippen molar-refractivity contribution >= 4 is 52.9 Å². The average Bonchev–Trinajstić information content (AvgIpc) is 2.42. The molecule has 0 saturated heterocycles. The van der Waals surface area contributed by atoms with Crippen molar-refractivity contribution in [1.29, 1.82) is 0 Å². The molecule has 0 bridgehead atoms. The largest absolute Gasteiger partial charge is 0.478 e. The summed E-state index contributed by atoms with van der Waals surface area (Å²) in [7, 11) is 0. The number of thioether (sulfide) groups is 3. The van der Waals surface area contributed by atoms with Crippen molar-refractivity contribution in [1.82, 2.24) is 0 Å². The number of carbonyl (C=O) groups is 1. The molecule has 0 radical (unpaired) electrons. The molecule has 0 spiro atoms. The lowest BCUT2D eigenvalue weighted by molar-refractivity contribution is 0.0696. The molecule has 1 aliphatic rings. The zero-order valence-corrected chi connectivity index (χ0v) is 14.6. The maximum atomic E-state index is 11.3. The number of fused-ring (bicyclic) bond motifs is 1. The van der Waals surface area contributed by atoms with Gasteiger partial charge in [-0.1, -0.05) is 11.6 Å². The molecule has 2 nitrogen and oxygen atoms in total. The molecule has 1 unspecified atom stereocenters. The van der Waals surface area contributed by atoms with E-state index in [1.54, 1.807) is 17.8 Å². The van der Waals surface area contributed by atoms with Gasteiger partial charge in [-0.15, -0.1) is 11.8 Å². The van der Waals surface area contributed by atoms with Crippen molar-refractivity contribution < 1.29 is 9.90 Å². The number of halogens is 1. The Hall–Kier alpha value is 0.0300. The van der Waals surface area contributed by atoms with Crippen LogP contribution in [0, 0.1) is 6.92 Å². The molecule has 110 valence electrons. The van der Waals surface area contributed by atoms with Crippen molar-refractivity contribution in [3.63, 3.8) is 0 Å². The van der Waals surface area contributed by atoms with E-state index in [-0.39, 0.29) is 5.56 Å². The van der Waals surface area contributed by atoms with Gasteiger partial charge in [0.15, 0.2) is 0 Å². The van der Waals surface area contributed by atoms with Crippen molar-refractivity contribution in [2.45, 2.75) is 23.5 Å². The molecule has 2 rings (SSSR count). The van der Waals surface area contributed by atoms with Crippen LogP contribution in [0.25, 0.3) is 0 Å². The minimum absolute atomic E-state index is 0.237. The van der Waals surface area contributed by atoms with E-state index in [0.717, 1.165) is 34.8 Å². The number of rotatable bonds is 5.